The molecule has 1 aromatic carbocycles. The number of nitrogens with one attached hydrogen (secondary N) is 3. The zero-order valence-corrected chi connectivity index (χ0v) is 14.3. The lowest BCUT2D eigenvalue weighted by Crippen LogP contribution is -2.52. The fraction of sp³-hybridized carbons (Fsp3) is 0.389. The molecule has 7 nitrogen and oxygen atoms in total. The van der Waals surface area contributed by atoms with Crippen LogP contribution in [0, 0.1) is 5.82 Å². The van der Waals surface area contributed by atoms with Crippen molar-refractivity contribution in [1.82, 2.24) is 20.4 Å². The van der Waals surface area contributed by atoms with Gasteiger partial charge in [0.1, 0.15) is 11.6 Å². The van der Waals surface area contributed by atoms with Gasteiger partial charge in [-0.25, -0.2) is 9.07 Å². The molecule has 26 heavy (non-hydrogen) atoms. The van der Waals surface area contributed by atoms with Crippen LogP contribution in [0.5, 0.6) is 0 Å². The molecule has 1 aromatic heterocycles. The molecular weight excluding hydrogens is 337 g/mol. The number of amides is 2. The molecule has 1 saturated carbocycles. The Labute approximate surface area is 150 Å². The molecule has 2 fully saturated rings. The van der Waals surface area contributed by atoms with Gasteiger partial charge in [0.25, 0.3) is 5.91 Å². The van der Waals surface area contributed by atoms with Crippen LogP contribution in [0.2, 0.25) is 0 Å². The number of hydrogen-bond donors (Lipinski definition) is 3. The molecule has 1 saturated heterocycles. The first-order valence-corrected chi connectivity index (χ1v) is 8.72. The molecule has 0 spiro atoms. The topological polar surface area (TPSA) is 88.1 Å². The second-order valence-electron chi connectivity index (χ2n) is 6.85. The van der Waals surface area contributed by atoms with Gasteiger partial charge in [-0.05, 0) is 31.9 Å². The lowest BCUT2D eigenvalue weighted by Gasteiger charge is -2.30. The smallest absolute Gasteiger partial charge is 0.259 e. The minimum atomic E-state index is -0.587. The summed E-state index contributed by atoms with van der Waals surface area (Å²) in [6.07, 6.45) is 1.93. The molecule has 1 aliphatic heterocycles. The summed E-state index contributed by atoms with van der Waals surface area (Å²) >= 11 is 0. The number of anilines is 1. The van der Waals surface area contributed by atoms with Crippen molar-refractivity contribution in [1.29, 1.82) is 0 Å². The Balaban J connectivity index is 1.63. The second kappa shape index (κ2) is 6.53. The third kappa shape index (κ3) is 3.32. The number of carbonyl (C=O) groups excluding carboxylic acids is 2. The van der Waals surface area contributed by atoms with Crippen LogP contribution < -0.4 is 16.0 Å². The summed E-state index contributed by atoms with van der Waals surface area (Å²) in [6.45, 7) is 1.91. The van der Waals surface area contributed by atoms with Crippen molar-refractivity contribution in [3.05, 3.63) is 47.4 Å². The molecule has 0 radical (unpaired) electrons. The molecule has 2 atom stereocenters. The molecule has 2 heterocycles. The maximum Gasteiger partial charge on any atom is 0.259 e. The molecule has 2 amide bonds. The van der Waals surface area contributed by atoms with Gasteiger partial charge in [0.2, 0.25) is 5.91 Å². The van der Waals surface area contributed by atoms with E-state index in [2.05, 4.69) is 21.0 Å². The molecule has 1 aliphatic carbocycles. The Morgan fingerprint density at radius 2 is 2.12 bits per heavy atom. The average Bonchev–Trinajstić information content (AvgIpc) is 3.35. The van der Waals surface area contributed by atoms with E-state index in [-0.39, 0.29) is 17.5 Å². The SMILES string of the molecule is CC1CC(=O)NC(n2nc(C3CC3)cc2NC(=O)c2ccccc2F)N1. The molecule has 2 aliphatic rings. The van der Waals surface area contributed by atoms with Crippen molar-refractivity contribution in [3.63, 3.8) is 0 Å². The highest BCUT2D eigenvalue weighted by Gasteiger charge is 2.31. The van der Waals surface area contributed by atoms with E-state index in [1.165, 1.54) is 18.2 Å². The Hall–Kier alpha value is -2.74. The van der Waals surface area contributed by atoms with Crippen LogP contribution in [0.4, 0.5) is 10.2 Å². The number of carbonyl (C=O) groups is 2. The summed E-state index contributed by atoms with van der Waals surface area (Å²) in [5.74, 6) is -0.432. The maximum atomic E-state index is 13.9. The predicted octanol–water partition coefficient (Wildman–Crippen LogP) is 2.11. The average molecular weight is 357 g/mol. The van der Waals surface area contributed by atoms with Crippen molar-refractivity contribution in [2.45, 2.75) is 44.4 Å². The van der Waals surface area contributed by atoms with Crippen LogP contribution in [0.3, 0.4) is 0 Å². The number of rotatable bonds is 4. The van der Waals surface area contributed by atoms with E-state index in [9.17, 15) is 14.0 Å². The van der Waals surface area contributed by atoms with Crippen LogP contribution in [0.15, 0.2) is 30.3 Å². The van der Waals surface area contributed by atoms with E-state index >= 15 is 0 Å². The molecule has 2 aromatic rings. The zero-order chi connectivity index (χ0) is 18.3. The quantitative estimate of drug-likeness (QED) is 0.782. The molecule has 136 valence electrons. The lowest BCUT2D eigenvalue weighted by molar-refractivity contribution is -0.125. The number of benzene rings is 1. The van der Waals surface area contributed by atoms with E-state index in [1.807, 2.05) is 6.92 Å². The highest BCUT2D eigenvalue weighted by Crippen LogP contribution is 2.40. The summed E-state index contributed by atoms with van der Waals surface area (Å²) in [5.41, 5.74) is 0.824. The first kappa shape index (κ1) is 16.7. The first-order valence-electron chi connectivity index (χ1n) is 8.72. The van der Waals surface area contributed by atoms with Crippen molar-refractivity contribution in [2.24, 2.45) is 0 Å². The van der Waals surface area contributed by atoms with Crippen LogP contribution >= 0.6 is 0 Å². The fourth-order valence-electron chi connectivity index (χ4n) is 3.10. The number of nitrogens with zero attached hydrogens (tertiary/aromatic N) is 2. The molecule has 2 unspecified atom stereocenters. The second-order valence-corrected chi connectivity index (χ2v) is 6.85. The Morgan fingerprint density at radius 1 is 1.35 bits per heavy atom. The van der Waals surface area contributed by atoms with Crippen LogP contribution in [-0.2, 0) is 4.79 Å². The van der Waals surface area contributed by atoms with Crippen molar-refractivity contribution in [2.75, 3.05) is 5.32 Å². The molecule has 3 N–H and O–H groups in total. The van der Waals surface area contributed by atoms with Gasteiger partial charge in [-0.2, -0.15) is 5.10 Å². The van der Waals surface area contributed by atoms with E-state index in [1.54, 1.807) is 16.8 Å². The zero-order valence-electron chi connectivity index (χ0n) is 14.3. The Morgan fingerprint density at radius 3 is 2.81 bits per heavy atom. The van der Waals surface area contributed by atoms with Gasteiger partial charge >= 0.3 is 0 Å². The van der Waals surface area contributed by atoms with Crippen LogP contribution in [0.1, 0.15) is 54.4 Å². The van der Waals surface area contributed by atoms with E-state index in [0.29, 0.717) is 18.2 Å². The van der Waals surface area contributed by atoms with Gasteiger partial charge in [-0.1, -0.05) is 12.1 Å². The molecular formula is C18H20FN5O2. The maximum absolute atomic E-state index is 13.9. The minimum absolute atomic E-state index is 0.0163. The lowest BCUT2D eigenvalue weighted by atomic mass is 10.2. The van der Waals surface area contributed by atoms with E-state index < -0.39 is 18.0 Å². The van der Waals surface area contributed by atoms with Gasteiger partial charge in [0.15, 0.2) is 6.29 Å². The minimum Gasteiger partial charge on any atom is -0.322 e. The van der Waals surface area contributed by atoms with Gasteiger partial charge in [0.05, 0.1) is 11.3 Å². The first-order chi connectivity index (χ1) is 12.5. The molecule has 8 heteroatoms. The van der Waals surface area contributed by atoms with Gasteiger partial charge in [0, 0.05) is 24.4 Å². The van der Waals surface area contributed by atoms with E-state index in [0.717, 1.165) is 18.5 Å². The summed E-state index contributed by atoms with van der Waals surface area (Å²) in [6, 6.07) is 7.59. The van der Waals surface area contributed by atoms with Crippen molar-refractivity contribution < 1.29 is 14.0 Å². The highest BCUT2D eigenvalue weighted by atomic mass is 19.1. The predicted molar refractivity (Wildman–Crippen MR) is 92.9 cm³/mol. The number of halogens is 1. The molecule has 4 rings (SSSR count). The van der Waals surface area contributed by atoms with Crippen LogP contribution in [-0.4, -0.2) is 27.6 Å². The third-order valence-corrected chi connectivity index (χ3v) is 4.59. The summed E-state index contributed by atoms with van der Waals surface area (Å²) < 4.78 is 15.4. The largest absolute Gasteiger partial charge is 0.322 e. The summed E-state index contributed by atoms with van der Waals surface area (Å²) in [5, 5.41) is 13.4. The van der Waals surface area contributed by atoms with Crippen LogP contribution in [0.25, 0.3) is 0 Å². The Bertz CT molecular complexity index is 861. The normalized spacial score (nSPS) is 22.8. The van der Waals surface area contributed by atoms with Gasteiger partial charge in [-0.15, -0.1) is 0 Å². The van der Waals surface area contributed by atoms with Crippen molar-refractivity contribution >= 4 is 17.6 Å². The number of aromatic nitrogens is 2. The summed E-state index contributed by atoms with van der Waals surface area (Å²) in [4.78, 5) is 24.4. The monoisotopic (exact) mass is 357 g/mol. The fourth-order valence-corrected chi connectivity index (χ4v) is 3.10. The van der Waals surface area contributed by atoms with Crippen molar-refractivity contribution in [3.8, 4) is 0 Å². The van der Waals surface area contributed by atoms with E-state index in [4.69, 9.17) is 0 Å². The third-order valence-electron chi connectivity index (χ3n) is 4.59. The highest BCUT2D eigenvalue weighted by molar-refractivity contribution is 6.04. The van der Waals surface area contributed by atoms with Gasteiger partial charge in [-0.3, -0.25) is 14.9 Å². The Kier molecular flexibility index (Phi) is 4.20. The summed E-state index contributed by atoms with van der Waals surface area (Å²) in [7, 11) is 0. The standard InChI is InChI=1S/C18H20FN5O2/c1-10-8-16(25)22-18(20-10)24-15(9-14(23-24)11-6-7-11)21-17(26)12-4-2-3-5-13(12)19/h2-5,9-11,18,20H,6-8H2,1H3,(H,21,26)(H,22,25). The molecule has 0 bridgehead atoms. The van der Waals surface area contributed by atoms with Gasteiger partial charge < -0.3 is 10.6 Å². The number of hydrogen-bond acceptors (Lipinski definition) is 4.